The van der Waals surface area contributed by atoms with Gasteiger partial charge in [-0.15, -0.1) is 11.3 Å². The molecular weight excluding hydrogens is 396 g/mol. The van der Waals surface area contributed by atoms with Crippen molar-refractivity contribution in [1.82, 2.24) is 9.62 Å². The van der Waals surface area contributed by atoms with E-state index < -0.39 is 20.8 Å². The predicted octanol–water partition coefficient (Wildman–Crippen LogP) is 1.52. The van der Waals surface area contributed by atoms with Crippen molar-refractivity contribution < 1.29 is 12.6 Å². The van der Waals surface area contributed by atoms with Crippen molar-refractivity contribution >= 4 is 48.1 Å². The maximum absolute atomic E-state index is 12.7. The quantitative estimate of drug-likeness (QED) is 0.795. The lowest BCUT2D eigenvalue weighted by molar-refractivity contribution is 0.438. The van der Waals surface area contributed by atoms with E-state index in [2.05, 4.69) is 21.2 Å². The third-order valence-electron chi connectivity index (χ3n) is 3.60. The SMILES string of the molecule is O=S1CCN(S(=O)(=O)c2cc(CNC3CC3)sc2Br)CC1. The molecule has 1 aliphatic carbocycles. The lowest BCUT2D eigenvalue weighted by Gasteiger charge is -2.25. The molecule has 0 radical (unpaired) electrons. The molecule has 1 aromatic rings. The standard InChI is InChI=1S/C12H17BrN2O3S3/c13-12-11(7-10(19-12)8-14-9-1-2-9)21(17,18)15-3-5-20(16)6-4-15/h7,9,14H,1-6,8H2. The third kappa shape index (κ3) is 3.76. The maximum atomic E-state index is 12.7. The molecule has 1 N–H and O–H groups in total. The number of sulfonamides is 1. The first-order chi connectivity index (χ1) is 9.96. The Balaban J connectivity index is 1.76. The lowest BCUT2D eigenvalue weighted by Crippen LogP contribution is -2.41. The van der Waals surface area contributed by atoms with Crippen LogP contribution in [0.5, 0.6) is 0 Å². The van der Waals surface area contributed by atoms with Gasteiger partial charge in [-0.25, -0.2) is 8.42 Å². The van der Waals surface area contributed by atoms with Crippen molar-refractivity contribution in [3.8, 4) is 0 Å². The number of nitrogens with one attached hydrogen (secondary N) is 1. The average molecular weight is 413 g/mol. The van der Waals surface area contributed by atoms with E-state index in [0.29, 0.717) is 45.9 Å². The minimum Gasteiger partial charge on any atom is -0.309 e. The molecule has 3 rings (SSSR count). The molecule has 0 bridgehead atoms. The number of nitrogens with zero attached hydrogens (tertiary/aromatic N) is 1. The normalized spacial score (nSPS) is 21.8. The van der Waals surface area contributed by atoms with Gasteiger partial charge in [-0.3, -0.25) is 4.21 Å². The summed E-state index contributed by atoms with van der Waals surface area (Å²) in [5.41, 5.74) is 0. The smallest absolute Gasteiger partial charge is 0.245 e. The van der Waals surface area contributed by atoms with Gasteiger partial charge in [-0.05, 0) is 34.8 Å². The second-order valence-electron chi connectivity index (χ2n) is 5.26. The Labute approximate surface area is 139 Å². The first kappa shape index (κ1) is 16.1. The Kier molecular flexibility index (Phi) is 4.87. The van der Waals surface area contributed by atoms with Gasteiger partial charge >= 0.3 is 0 Å². The van der Waals surface area contributed by atoms with Gasteiger partial charge in [-0.1, -0.05) is 0 Å². The topological polar surface area (TPSA) is 66.5 Å². The summed E-state index contributed by atoms with van der Waals surface area (Å²) in [7, 11) is -4.36. The van der Waals surface area contributed by atoms with Crippen LogP contribution in [0, 0.1) is 0 Å². The van der Waals surface area contributed by atoms with Gasteiger partial charge in [0.15, 0.2) is 0 Å². The summed E-state index contributed by atoms with van der Waals surface area (Å²) in [6, 6.07) is 2.35. The molecule has 0 aromatic carbocycles. The van der Waals surface area contributed by atoms with E-state index in [1.54, 1.807) is 6.07 Å². The largest absolute Gasteiger partial charge is 0.309 e. The predicted molar refractivity (Wildman–Crippen MR) is 88.5 cm³/mol. The average Bonchev–Trinajstić information content (AvgIpc) is 3.19. The Morgan fingerprint density at radius 2 is 2.05 bits per heavy atom. The van der Waals surface area contributed by atoms with Crippen LogP contribution in [-0.4, -0.2) is 47.6 Å². The van der Waals surface area contributed by atoms with Gasteiger partial charge in [-0.2, -0.15) is 4.31 Å². The zero-order valence-electron chi connectivity index (χ0n) is 11.4. The fraction of sp³-hybridized carbons (Fsp3) is 0.667. The highest BCUT2D eigenvalue weighted by molar-refractivity contribution is 9.11. The highest BCUT2D eigenvalue weighted by atomic mass is 79.9. The van der Waals surface area contributed by atoms with Gasteiger partial charge in [0.05, 0.1) is 3.79 Å². The van der Waals surface area contributed by atoms with Crippen molar-refractivity contribution in [2.45, 2.75) is 30.3 Å². The van der Waals surface area contributed by atoms with E-state index in [-0.39, 0.29) is 0 Å². The summed E-state index contributed by atoms with van der Waals surface area (Å²) in [6.45, 7) is 1.40. The molecule has 9 heteroatoms. The maximum Gasteiger partial charge on any atom is 0.245 e. The summed E-state index contributed by atoms with van der Waals surface area (Å²) in [4.78, 5) is 1.36. The highest BCUT2D eigenvalue weighted by Gasteiger charge is 2.31. The molecule has 2 fully saturated rings. The van der Waals surface area contributed by atoms with Crippen molar-refractivity contribution in [3.63, 3.8) is 0 Å². The summed E-state index contributed by atoms with van der Waals surface area (Å²) in [5.74, 6) is 0.855. The van der Waals surface area contributed by atoms with Crippen molar-refractivity contribution in [1.29, 1.82) is 0 Å². The number of halogens is 1. The lowest BCUT2D eigenvalue weighted by atomic mass is 10.4. The van der Waals surface area contributed by atoms with Gasteiger partial charge in [0.25, 0.3) is 0 Å². The zero-order valence-corrected chi connectivity index (χ0v) is 15.4. The Hall–Kier alpha value is 0.200. The fourth-order valence-electron chi connectivity index (χ4n) is 2.19. The number of hydrogen-bond donors (Lipinski definition) is 1. The minimum absolute atomic E-state index is 0.340. The summed E-state index contributed by atoms with van der Waals surface area (Å²) in [6.07, 6.45) is 2.42. The third-order valence-corrected chi connectivity index (χ3v) is 9.03. The Morgan fingerprint density at radius 3 is 2.67 bits per heavy atom. The molecule has 21 heavy (non-hydrogen) atoms. The van der Waals surface area contributed by atoms with Crippen molar-refractivity contribution in [2.75, 3.05) is 24.6 Å². The highest BCUT2D eigenvalue weighted by Crippen LogP contribution is 2.34. The van der Waals surface area contributed by atoms with Gasteiger partial charge in [0, 0.05) is 52.9 Å². The van der Waals surface area contributed by atoms with Gasteiger partial charge in [0.2, 0.25) is 10.0 Å². The first-order valence-electron chi connectivity index (χ1n) is 6.83. The van der Waals surface area contributed by atoms with Crippen LogP contribution in [0.1, 0.15) is 17.7 Å². The molecule has 2 aliphatic rings. The van der Waals surface area contributed by atoms with E-state index in [4.69, 9.17) is 0 Å². The molecule has 0 amide bonds. The summed E-state index contributed by atoms with van der Waals surface area (Å²) in [5, 5.41) is 3.39. The molecule has 118 valence electrons. The zero-order chi connectivity index (χ0) is 15.0. The van der Waals surface area contributed by atoms with Crippen LogP contribution in [0.2, 0.25) is 0 Å². The molecule has 1 aliphatic heterocycles. The molecule has 0 unspecified atom stereocenters. The van der Waals surface area contributed by atoms with Gasteiger partial charge < -0.3 is 5.32 Å². The summed E-state index contributed by atoms with van der Waals surface area (Å²) >= 11 is 4.84. The van der Waals surface area contributed by atoms with E-state index >= 15 is 0 Å². The molecular formula is C12H17BrN2O3S3. The van der Waals surface area contributed by atoms with Crippen LogP contribution in [0.15, 0.2) is 14.7 Å². The van der Waals surface area contributed by atoms with Gasteiger partial charge in [0.1, 0.15) is 4.90 Å². The van der Waals surface area contributed by atoms with E-state index in [9.17, 15) is 12.6 Å². The van der Waals surface area contributed by atoms with Crippen LogP contribution >= 0.6 is 27.3 Å². The monoisotopic (exact) mass is 412 g/mol. The Morgan fingerprint density at radius 1 is 1.38 bits per heavy atom. The molecule has 2 heterocycles. The van der Waals surface area contributed by atoms with Crippen LogP contribution in [0.25, 0.3) is 0 Å². The van der Waals surface area contributed by atoms with Crippen LogP contribution in [0.3, 0.4) is 0 Å². The summed E-state index contributed by atoms with van der Waals surface area (Å²) < 4.78 is 38.8. The van der Waals surface area contributed by atoms with E-state index in [0.717, 1.165) is 4.88 Å². The fourth-order valence-corrected chi connectivity index (χ4v) is 7.50. The molecule has 0 atom stereocenters. The molecule has 1 saturated heterocycles. The molecule has 5 nitrogen and oxygen atoms in total. The minimum atomic E-state index is -3.48. The second kappa shape index (κ2) is 6.37. The molecule has 1 aromatic heterocycles. The van der Waals surface area contributed by atoms with Crippen LogP contribution in [0.4, 0.5) is 0 Å². The first-order valence-corrected chi connectivity index (χ1v) is 11.4. The number of hydrogen-bond acceptors (Lipinski definition) is 5. The van der Waals surface area contributed by atoms with Crippen molar-refractivity contribution in [2.24, 2.45) is 0 Å². The molecule has 1 saturated carbocycles. The number of rotatable bonds is 5. The van der Waals surface area contributed by atoms with Crippen molar-refractivity contribution in [3.05, 3.63) is 14.7 Å². The van der Waals surface area contributed by atoms with E-state index in [1.807, 2.05) is 0 Å². The van der Waals surface area contributed by atoms with Crippen LogP contribution in [-0.2, 0) is 27.4 Å². The Bertz CT molecular complexity index is 645. The van der Waals surface area contributed by atoms with E-state index in [1.165, 1.54) is 28.5 Å². The number of thiophene rings is 1. The second-order valence-corrected chi connectivity index (χ2v) is 11.3. The van der Waals surface area contributed by atoms with Crippen LogP contribution < -0.4 is 5.32 Å². The molecule has 0 spiro atoms.